The molecule has 4 heteroatoms. The number of hydrogen-bond acceptors (Lipinski definition) is 2. The third-order valence-corrected chi connectivity index (χ3v) is 6.22. The van der Waals surface area contributed by atoms with E-state index in [0.29, 0.717) is 17.6 Å². The second-order valence-electron chi connectivity index (χ2n) is 5.80. The van der Waals surface area contributed by atoms with Gasteiger partial charge in [0.05, 0.1) is 12.0 Å². The van der Waals surface area contributed by atoms with Crippen LogP contribution in [-0.4, -0.2) is 21.9 Å². The van der Waals surface area contributed by atoms with Crippen LogP contribution in [0.2, 0.25) is 0 Å². The predicted molar refractivity (Wildman–Crippen MR) is 71.2 cm³/mol. The van der Waals surface area contributed by atoms with Gasteiger partial charge in [0.2, 0.25) is 0 Å². The molecule has 0 aromatic heterocycles. The summed E-state index contributed by atoms with van der Waals surface area (Å²) in [5.74, 6) is 0.324. The van der Waals surface area contributed by atoms with E-state index in [4.69, 9.17) is 5.26 Å². The molecular weight excluding hydrogens is 249 g/mol. The average Bonchev–Trinajstić information content (AvgIpc) is 2.38. The van der Waals surface area contributed by atoms with Gasteiger partial charge in [-0.2, -0.15) is 5.26 Å². The highest BCUT2D eigenvalue weighted by atomic mass is 32.2. The molecule has 0 radical (unpaired) electrons. The van der Waals surface area contributed by atoms with E-state index in [1.54, 1.807) is 6.26 Å². The molecule has 0 heterocycles. The van der Waals surface area contributed by atoms with Crippen molar-refractivity contribution in [2.75, 3.05) is 6.26 Å². The molecule has 0 aliphatic heterocycles. The zero-order valence-electron chi connectivity index (χ0n) is 11.0. The summed E-state index contributed by atoms with van der Waals surface area (Å²) in [4.78, 5) is 0. The Labute approximate surface area is 111 Å². The van der Waals surface area contributed by atoms with Crippen LogP contribution < -0.4 is 0 Å². The van der Waals surface area contributed by atoms with Gasteiger partial charge in [-0.1, -0.05) is 6.42 Å². The molecular formula is C14H22FNOS. The van der Waals surface area contributed by atoms with Gasteiger partial charge in [0, 0.05) is 22.3 Å². The third-order valence-electron chi connectivity index (χ3n) is 4.81. The molecule has 0 amide bonds. The SMILES string of the molecule is CS(=O)C1CCC(C2CCCC(F)C2C#N)CC1. The van der Waals surface area contributed by atoms with Crippen LogP contribution in [0.25, 0.3) is 0 Å². The Hall–Kier alpha value is -0.430. The van der Waals surface area contributed by atoms with Crippen LogP contribution in [0, 0.1) is 29.1 Å². The van der Waals surface area contributed by atoms with Crippen molar-refractivity contribution >= 4 is 10.8 Å². The molecule has 2 aliphatic rings. The number of halogens is 1. The van der Waals surface area contributed by atoms with E-state index in [9.17, 15) is 8.60 Å². The summed E-state index contributed by atoms with van der Waals surface area (Å²) in [6.45, 7) is 0. The molecule has 0 N–H and O–H groups in total. The fraction of sp³-hybridized carbons (Fsp3) is 0.929. The van der Waals surface area contributed by atoms with E-state index in [-0.39, 0.29) is 5.92 Å². The van der Waals surface area contributed by atoms with Crippen molar-refractivity contribution in [2.24, 2.45) is 17.8 Å². The Kier molecular flexibility index (Phi) is 4.77. The lowest BCUT2D eigenvalue weighted by molar-refractivity contribution is 0.0880. The average molecular weight is 271 g/mol. The van der Waals surface area contributed by atoms with Crippen molar-refractivity contribution in [3.8, 4) is 6.07 Å². The van der Waals surface area contributed by atoms with Crippen LogP contribution in [0.3, 0.4) is 0 Å². The van der Waals surface area contributed by atoms with Gasteiger partial charge in [-0.05, 0) is 50.4 Å². The fourth-order valence-corrected chi connectivity index (χ4v) is 4.67. The summed E-state index contributed by atoms with van der Waals surface area (Å²) >= 11 is 0. The summed E-state index contributed by atoms with van der Waals surface area (Å²) in [7, 11) is -0.728. The van der Waals surface area contributed by atoms with Gasteiger partial charge >= 0.3 is 0 Å². The second kappa shape index (κ2) is 6.14. The van der Waals surface area contributed by atoms with Crippen molar-refractivity contribution in [2.45, 2.75) is 56.4 Å². The molecule has 18 heavy (non-hydrogen) atoms. The second-order valence-corrected chi connectivity index (χ2v) is 7.46. The molecule has 102 valence electrons. The molecule has 4 atom stereocenters. The van der Waals surface area contributed by atoms with Gasteiger partial charge in [-0.15, -0.1) is 0 Å². The van der Waals surface area contributed by atoms with E-state index in [2.05, 4.69) is 6.07 Å². The highest BCUT2D eigenvalue weighted by Gasteiger charge is 2.39. The van der Waals surface area contributed by atoms with Crippen LogP contribution in [0.4, 0.5) is 4.39 Å². The summed E-state index contributed by atoms with van der Waals surface area (Å²) in [6, 6.07) is 2.20. The van der Waals surface area contributed by atoms with Crippen LogP contribution >= 0.6 is 0 Å². The topological polar surface area (TPSA) is 40.9 Å². The number of nitriles is 1. The highest BCUT2D eigenvalue weighted by molar-refractivity contribution is 7.84. The van der Waals surface area contributed by atoms with E-state index >= 15 is 0 Å². The summed E-state index contributed by atoms with van der Waals surface area (Å²) in [5, 5.41) is 9.49. The molecule has 0 spiro atoms. The Bertz CT molecular complexity index is 346. The zero-order chi connectivity index (χ0) is 13.1. The molecule has 2 fully saturated rings. The Morgan fingerprint density at radius 3 is 2.39 bits per heavy atom. The van der Waals surface area contributed by atoms with Crippen LogP contribution in [0.1, 0.15) is 44.9 Å². The lowest BCUT2D eigenvalue weighted by Crippen LogP contribution is -2.36. The minimum absolute atomic E-state index is 0.241. The maximum atomic E-state index is 13.8. The maximum Gasteiger partial charge on any atom is 0.116 e. The molecule has 0 aromatic carbocycles. The van der Waals surface area contributed by atoms with Crippen LogP contribution in [-0.2, 0) is 10.8 Å². The van der Waals surface area contributed by atoms with Crippen molar-refractivity contribution < 1.29 is 8.60 Å². The molecule has 0 aromatic rings. The number of alkyl halides is 1. The molecule has 2 rings (SSSR count). The van der Waals surface area contributed by atoms with Crippen molar-refractivity contribution in [3.63, 3.8) is 0 Å². The molecule has 4 unspecified atom stereocenters. The van der Waals surface area contributed by atoms with Gasteiger partial charge in [0.1, 0.15) is 6.17 Å². The van der Waals surface area contributed by atoms with E-state index in [1.165, 1.54) is 0 Å². The molecule has 0 saturated heterocycles. The Morgan fingerprint density at radius 2 is 1.83 bits per heavy atom. The predicted octanol–water partition coefficient (Wildman–Crippen LogP) is 3.20. The first-order chi connectivity index (χ1) is 8.63. The largest absolute Gasteiger partial charge is 0.260 e. The van der Waals surface area contributed by atoms with Crippen molar-refractivity contribution in [3.05, 3.63) is 0 Å². The first kappa shape index (κ1) is 14.0. The number of nitrogens with zero attached hydrogens (tertiary/aromatic N) is 1. The lowest BCUT2D eigenvalue weighted by atomic mass is 9.68. The first-order valence-electron chi connectivity index (χ1n) is 6.99. The Morgan fingerprint density at radius 1 is 1.17 bits per heavy atom. The molecule has 0 bridgehead atoms. The summed E-state index contributed by atoms with van der Waals surface area (Å²) < 4.78 is 25.2. The van der Waals surface area contributed by atoms with Gasteiger partial charge in [-0.25, -0.2) is 4.39 Å². The molecule has 2 aliphatic carbocycles. The van der Waals surface area contributed by atoms with Gasteiger partial charge in [0.25, 0.3) is 0 Å². The minimum Gasteiger partial charge on any atom is -0.260 e. The molecule has 2 saturated carbocycles. The van der Waals surface area contributed by atoms with Crippen LogP contribution in [0.15, 0.2) is 0 Å². The van der Waals surface area contributed by atoms with E-state index in [0.717, 1.165) is 38.5 Å². The fourth-order valence-electron chi connectivity index (χ4n) is 3.73. The van der Waals surface area contributed by atoms with E-state index in [1.807, 2.05) is 0 Å². The summed E-state index contributed by atoms with van der Waals surface area (Å²) in [5.41, 5.74) is 0. The van der Waals surface area contributed by atoms with Gasteiger partial charge in [0.15, 0.2) is 0 Å². The number of hydrogen-bond donors (Lipinski definition) is 0. The smallest absolute Gasteiger partial charge is 0.116 e. The number of rotatable bonds is 2. The van der Waals surface area contributed by atoms with Crippen LogP contribution in [0.5, 0.6) is 0 Å². The van der Waals surface area contributed by atoms with E-state index < -0.39 is 22.9 Å². The van der Waals surface area contributed by atoms with Crippen molar-refractivity contribution in [1.82, 2.24) is 0 Å². The Balaban J connectivity index is 1.96. The minimum atomic E-state index is -0.924. The van der Waals surface area contributed by atoms with Crippen molar-refractivity contribution in [1.29, 1.82) is 5.26 Å². The standard InChI is InChI=1S/C14H22FNOS/c1-18(17)11-7-5-10(6-8-11)12-3-2-4-14(15)13(12)9-16/h10-14H,2-8H2,1H3. The first-order valence-corrected chi connectivity index (χ1v) is 8.61. The zero-order valence-corrected chi connectivity index (χ0v) is 11.8. The highest BCUT2D eigenvalue weighted by Crippen LogP contribution is 2.42. The third kappa shape index (κ3) is 2.93. The van der Waals surface area contributed by atoms with Gasteiger partial charge < -0.3 is 0 Å². The monoisotopic (exact) mass is 271 g/mol. The quantitative estimate of drug-likeness (QED) is 0.774. The van der Waals surface area contributed by atoms with Gasteiger partial charge in [-0.3, -0.25) is 4.21 Å². The molecule has 2 nitrogen and oxygen atoms in total. The maximum absolute atomic E-state index is 13.8. The normalized spacial score (nSPS) is 43.1. The summed E-state index contributed by atoms with van der Waals surface area (Å²) in [6.07, 6.45) is 7.36. The lowest BCUT2D eigenvalue weighted by Gasteiger charge is -2.38.